The number of nitrogen functional groups attached to an aromatic ring is 1. The zero-order chi connectivity index (χ0) is 13.8. The standard InChI is InChI=1S/C12H18N4O3/c1-8-2-4-9(5-3-8)19-12-10(16(17)18)6-7-11(14-12)15-13/h6-9H,2-5,13H2,1H3,(H,14,15). The summed E-state index contributed by atoms with van der Waals surface area (Å²) >= 11 is 0. The largest absolute Gasteiger partial charge is 0.469 e. The third-order valence-electron chi connectivity index (χ3n) is 3.43. The Labute approximate surface area is 111 Å². The van der Waals surface area contributed by atoms with E-state index in [2.05, 4.69) is 17.3 Å². The highest BCUT2D eigenvalue weighted by molar-refractivity contribution is 5.48. The van der Waals surface area contributed by atoms with Crippen LogP contribution in [0.25, 0.3) is 0 Å². The van der Waals surface area contributed by atoms with Gasteiger partial charge in [0.05, 0.1) is 4.92 Å². The van der Waals surface area contributed by atoms with Gasteiger partial charge in [-0.2, -0.15) is 4.98 Å². The molecule has 1 aromatic heterocycles. The summed E-state index contributed by atoms with van der Waals surface area (Å²) in [6.45, 7) is 2.20. The lowest BCUT2D eigenvalue weighted by Crippen LogP contribution is -2.24. The van der Waals surface area contributed by atoms with Gasteiger partial charge in [0.2, 0.25) is 0 Å². The summed E-state index contributed by atoms with van der Waals surface area (Å²) in [6, 6.07) is 2.80. The second kappa shape index (κ2) is 5.83. The van der Waals surface area contributed by atoms with Gasteiger partial charge in [-0.05, 0) is 37.7 Å². The Hall–Kier alpha value is -1.89. The monoisotopic (exact) mass is 266 g/mol. The van der Waals surface area contributed by atoms with Gasteiger partial charge < -0.3 is 10.2 Å². The summed E-state index contributed by atoms with van der Waals surface area (Å²) in [7, 11) is 0. The number of nitrogens with two attached hydrogens (primary N) is 1. The summed E-state index contributed by atoms with van der Waals surface area (Å²) in [6.07, 6.45) is 3.96. The lowest BCUT2D eigenvalue weighted by molar-refractivity contribution is -0.386. The topological polar surface area (TPSA) is 103 Å². The quantitative estimate of drug-likeness (QED) is 0.492. The van der Waals surface area contributed by atoms with E-state index in [9.17, 15) is 10.1 Å². The number of aromatic nitrogens is 1. The van der Waals surface area contributed by atoms with Crippen molar-refractivity contribution in [1.82, 2.24) is 4.98 Å². The number of hydrogen-bond acceptors (Lipinski definition) is 6. The summed E-state index contributed by atoms with van der Waals surface area (Å²) in [5.41, 5.74) is 2.24. The second-order valence-electron chi connectivity index (χ2n) is 4.92. The van der Waals surface area contributed by atoms with Crippen LogP contribution in [0.1, 0.15) is 32.6 Å². The molecule has 19 heavy (non-hydrogen) atoms. The molecule has 1 aromatic rings. The van der Waals surface area contributed by atoms with Crippen LogP contribution in [0.15, 0.2) is 12.1 Å². The molecule has 0 aliphatic heterocycles. The Morgan fingerprint density at radius 2 is 2.11 bits per heavy atom. The predicted octanol–water partition coefficient (Wildman–Crippen LogP) is 2.23. The fourth-order valence-corrected chi connectivity index (χ4v) is 2.24. The van der Waals surface area contributed by atoms with Crippen LogP contribution >= 0.6 is 0 Å². The maximum absolute atomic E-state index is 10.9. The fourth-order valence-electron chi connectivity index (χ4n) is 2.24. The van der Waals surface area contributed by atoms with Crippen LogP contribution in [0.3, 0.4) is 0 Å². The summed E-state index contributed by atoms with van der Waals surface area (Å²) in [5.74, 6) is 6.35. The molecule has 0 radical (unpaired) electrons. The number of nitrogens with one attached hydrogen (secondary N) is 1. The normalized spacial score (nSPS) is 22.8. The van der Waals surface area contributed by atoms with Crippen molar-refractivity contribution in [2.24, 2.45) is 11.8 Å². The maximum Gasteiger partial charge on any atom is 0.331 e. The minimum atomic E-state index is -0.492. The predicted molar refractivity (Wildman–Crippen MR) is 70.7 cm³/mol. The van der Waals surface area contributed by atoms with Crippen molar-refractivity contribution in [1.29, 1.82) is 0 Å². The molecule has 0 bridgehead atoms. The molecule has 0 unspecified atom stereocenters. The Balaban J connectivity index is 2.15. The van der Waals surface area contributed by atoms with Crippen molar-refractivity contribution >= 4 is 11.5 Å². The van der Waals surface area contributed by atoms with E-state index in [1.165, 1.54) is 12.1 Å². The van der Waals surface area contributed by atoms with E-state index >= 15 is 0 Å². The minimum absolute atomic E-state index is 0.00424. The molecule has 0 aromatic carbocycles. The molecule has 7 heteroatoms. The van der Waals surface area contributed by atoms with Crippen LogP contribution in [0.5, 0.6) is 5.88 Å². The first-order valence-corrected chi connectivity index (χ1v) is 6.39. The fraction of sp³-hybridized carbons (Fsp3) is 0.583. The summed E-state index contributed by atoms with van der Waals surface area (Å²) in [5, 5.41) is 10.9. The lowest BCUT2D eigenvalue weighted by Gasteiger charge is -2.26. The molecule has 7 nitrogen and oxygen atoms in total. The van der Waals surface area contributed by atoms with Gasteiger partial charge in [-0.3, -0.25) is 10.1 Å². The van der Waals surface area contributed by atoms with Crippen molar-refractivity contribution in [2.45, 2.75) is 38.7 Å². The van der Waals surface area contributed by atoms with Crippen LogP contribution in [0.4, 0.5) is 11.5 Å². The molecule has 1 heterocycles. The zero-order valence-corrected chi connectivity index (χ0v) is 10.8. The summed E-state index contributed by atoms with van der Waals surface area (Å²) < 4.78 is 5.69. The first kappa shape index (κ1) is 13.5. The molecule has 0 spiro atoms. The van der Waals surface area contributed by atoms with E-state index < -0.39 is 4.92 Å². The third-order valence-corrected chi connectivity index (χ3v) is 3.43. The van der Waals surface area contributed by atoms with Crippen LogP contribution in [0, 0.1) is 16.0 Å². The lowest BCUT2D eigenvalue weighted by atomic mass is 9.89. The highest BCUT2D eigenvalue weighted by Crippen LogP contribution is 2.31. The van der Waals surface area contributed by atoms with E-state index in [1.54, 1.807) is 0 Å². The van der Waals surface area contributed by atoms with E-state index in [0.29, 0.717) is 11.7 Å². The van der Waals surface area contributed by atoms with Gasteiger partial charge in [0.25, 0.3) is 5.88 Å². The van der Waals surface area contributed by atoms with Crippen LogP contribution in [-0.2, 0) is 0 Å². The number of nitrogens with zero attached hydrogens (tertiary/aromatic N) is 2. The number of nitro groups is 1. The third kappa shape index (κ3) is 3.31. The highest BCUT2D eigenvalue weighted by Gasteiger charge is 2.24. The van der Waals surface area contributed by atoms with E-state index in [0.717, 1.165) is 25.7 Å². The SMILES string of the molecule is CC1CCC(Oc2nc(NN)ccc2[N+](=O)[O-])CC1. The molecular formula is C12H18N4O3. The molecule has 0 amide bonds. The van der Waals surface area contributed by atoms with Crippen LogP contribution in [-0.4, -0.2) is 16.0 Å². The van der Waals surface area contributed by atoms with Crippen LogP contribution in [0.2, 0.25) is 0 Å². The van der Waals surface area contributed by atoms with Crippen LogP contribution < -0.4 is 16.0 Å². The molecule has 0 saturated heterocycles. The Kier molecular flexibility index (Phi) is 4.16. The molecule has 2 rings (SSSR count). The van der Waals surface area contributed by atoms with Gasteiger partial charge in [-0.1, -0.05) is 6.92 Å². The number of ether oxygens (including phenoxy) is 1. The number of hydrogen-bond donors (Lipinski definition) is 2. The smallest absolute Gasteiger partial charge is 0.331 e. The van der Waals surface area contributed by atoms with Gasteiger partial charge >= 0.3 is 5.69 Å². The number of hydrazine groups is 1. The molecule has 104 valence electrons. The molecule has 1 aliphatic rings. The van der Waals surface area contributed by atoms with Crippen molar-refractivity contribution in [2.75, 3.05) is 5.43 Å². The number of anilines is 1. The Bertz CT molecular complexity index is 458. The number of rotatable bonds is 4. The molecular weight excluding hydrogens is 248 g/mol. The van der Waals surface area contributed by atoms with Crippen molar-refractivity contribution in [3.05, 3.63) is 22.2 Å². The molecule has 1 aliphatic carbocycles. The van der Waals surface area contributed by atoms with E-state index in [4.69, 9.17) is 10.6 Å². The molecule has 3 N–H and O–H groups in total. The van der Waals surface area contributed by atoms with Crippen molar-refractivity contribution < 1.29 is 9.66 Å². The average molecular weight is 266 g/mol. The molecule has 1 saturated carbocycles. The minimum Gasteiger partial charge on any atom is -0.469 e. The average Bonchev–Trinajstić information content (AvgIpc) is 2.41. The Morgan fingerprint density at radius 3 is 2.68 bits per heavy atom. The van der Waals surface area contributed by atoms with Gasteiger partial charge in [0.15, 0.2) is 0 Å². The van der Waals surface area contributed by atoms with Gasteiger partial charge in [0, 0.05) is 6.07 Å². The van der Waals surface area contributed by atoms with E-state index in [-0.39, 0.29) is 17.7 Å². The van der Waals surface area contributed by atoms with E-state index in [1.807, 2.05) is 0 Å². The van der Waals surface area contributed by atoms with Gasteiger partial charge in [-0.25, -0.2) is 5.84 Å². The molecule has 1 fully saturated rings. The van der Waals surface area contributed by atoms with Crippen molar-refractivity contribution in [3.8, 4) is 5.88 Å². The number of pyridine rings is 1. The maximum atomic E-state index is 10.9. The van der Waals surface area contributed by atoms with Crippen molar-refractivity contribution in [3.63, 3.8) is 0 Å². The zero-order valence-electron chi connectivity index (χ0n) is 10.8. The first-order chi connectivity index (χ1) is 9.10. The summed E-state index contributed by atoms with van der Waals surface area (Å²) in [4.78, 5) is 14.5. The van der Waals surface area contributed by atoms with Gasteiger partial charge in [-0.15, -0.1) is 0 Å². The highest BCUT2D eigenvalue weighted by atomic mass is 16.6. The van der Waals surface area contributed by atoms with Gasteiger partial charge in [0.1, 0.15) is 11.9 Å². The molecule has 0 atom stereocenters. The first-order valence-electron chi connectivity index (χ1n) is 6.39. The Morgan fingerprint density at radius 1 is 1.42 bits per heavy atom. The second-order valence-corrected chi connectivity index (χ2v) is 4.92.